The van der Waals surface area contributed by atoms with Gasteiger partial charge in [0.1, 0.15) is 19.3 Å². The minimum atomic E-state index is -4.21. The molecule has 0 fully saturated rings. The van der Waals surface area contributed by atoms with Crippen LogP contribution in [-0.4, -0.2) is 31.4 Å². The van der Waals surface area contributed by atoms with E-state index in [9.17, 15) is 8.42 Å². The lowest BCUT2D eigenvalue weighted by Gasteiger charge is -2.11. The molecule has 134 valence electrons. The predicted molar refractivity (Wildman–Crippen MR) is 98.4 cm³/mol. The highest BCUT2D eigenvalue weighted by atomic mass is 35.6. The maximum Gasteiger partial charge on any atom is 0.363 e. The van der Waals surface area contributed by atoms with Crippen molar-refractivity contribution in [1.29, 1.82) is 0 Å². The highest BCUT2D eigenvalue weighted by molar-refractivity contribution is 7.85. The SMILES string of the molecule is O=S(=O)(NC1=NC(c2cccc3ccccc23)CO1)OCC(Cl)(Cl)Cl. The Morgan fingerprint density at radius 1 is 1.20 bits per heavy atom. The Hall–Kier alpha value is -1.25. The van der Waals surface area contributed by atoms with Crippen LogP contribution in [0.25, 0.3) is 10.8 Å². The molecule has 1 aliphatic rings. The molecule has 3 rings (SSSR count). The highest BCUT2D eigenvalue weighted by Gasteiger charge is 2.28. The molecule has 0 saturated heterocycles. The standard InChI is InChI=1S/C15H13Cl3N2O4S/c16-15(17,18)9-24-25(21,22)20-14-19-13(8-23-14)12-7-3-5-10-4-1-2-6-11(10)12/h1-7,13H,8-9H2,(H,19,20). The van der Waals surface area contributed by atoms with Crippen molar-refractivity contribution in [3.8, 4) is 0 Å². The van der Waals surface area contributed by atoms with Crippen LogP contribution in [0.15, 0.2) is 47.5 Å². The first-order valence-electron chi connectivity index (χ1n) is 7.16. The van der Waals surface area contributed by atoms with Crippen LogP contribution in [0.2, 0.25) is 0 Å². The number of hydrogen-bond acceptors (Lipinski definition) is 5. The Labute approximate surface area is 159 Å². The number of nitrogens with zero attached hydrogens (tertiary/aromatic N) is 1. The van der Waals surface area contributed by atoms with E-state index < -0.39 is 20.7 Å². The Bertz CT molecular complexity index is 907. The maximum atomic E-state index is 11.8. The number of alkyl halides is 3. The van der Waals surface area contributed by atoms with E-state index in [1.807, 2.05) is 42.5 Å². The van der Waals surface area contributed by atoms with Crippen molar-refractivity contribution in [2.75, 3.05) is 13.2 Å². The molecule has 10 heteroatoms. The summed E-state index contributed by atoms with van der Waals surface area (Å²) in [5, 5.41) is 2.09. The van der Waals surface area contributed by atoms with Gasteiger partial charge in [0.25, 0.3) is 0 Å². The van der Waals surface area contributed by atoms with Crippen LogP contribution in [0.3, 0.4) is 0 Å². The van der Waals surface area contributed by atoms with Crippen LogP contribution in [0.1, 0.15) is 11.6 Å². The summed E-state index contributed by atoms with van der Waals surface area (Å²) in [5.41, 5.74) is 0.939. The molecule has 0 bridgehead atoms. The van der Waals surface area contributed by atoms with Crippen molar-refractivity contribution in [1.82, 2.24) is 4.72 Å². The van der Waals surface area contributed by atoms with Gasteiger partial charge in [-0.2, -0.15) is 8.42 Å². The van der Waals surface area contributed by atoms with Gasteiger partial charge in [-0.25, -0.2) is 13.9 Å². The molecule has 0 amide bonds. The number of fused-ring (bicyclic) bond motifs is 1. The van der Waals surface area contributed by atoms with Gasteiger partial charge in [0.15, 0.2) is 0 Å². The van der Waals surface area contributed by atoms with Crippen molar-refractivity contribution in [3.63, 3.8) is 0 Å². The van der Waals surface area contributed by atoms with Crippen molar-refractivity contribution in [2.45, 2.75) is 9.83 Å². The van der Waals surface area contributed by atoms with Gasteiger partial charge in [0.05, 0.1) is 0 Å². The van der Waals surface area contributed by atoms with Crippen LogP contribution in [-0.2, 0) is 19.2 Å². The first-order chi connectivity index (χ1) is 11.7. The molecule has 2 aromatic carbocycles. The van der Waals surface area contributed by atoms with E-state index in [1.54, 1.807) is 0 Å². The molecule has 0 spiro atoms. The molecule has 1 unspecified atom stereocenters. The minimum absolute atomic E-state index is 0.165. The molecule has 0 saturated carbocycles. The van der Waals surface area contributed by atoms with Crippen LogP contribution in [0, 0.1) is 0 Å². The Kier molecular flexibility index (Phi) is 5.31. The number of nitrogens with one attached hydrogen (secondary N) is 1. The fourth-order valence-corrected chi connectivity index (χ4v) is 3.48. The molecule has 6 nitrogen and oxygen atoms in total. The summed E-state index contributed by atoms with van der Waals surface area (Å²) in [7, 11) is -4.21. The molecule has 1 N–H and O–H groups in total. The van der Waals surface area contributed by atoms with Crippen molar-refractivity contribution in [2.24, 2.45) is 4.99 Å². The molecule has 2 aromatic rings. The number of benzene rings is 2. The highest BCUT2D eigenvalue weighted by Crippen LogP contribution is 2.30. The molecule has 0 radical (unpaired) electrons. The van der Waals surface area contributed by atoms with E-state index in [0.29, 0.717) is 0 Å². The zero-order valence-corrected chi connectivity index (χ0v) is 15.7. The first-order valence-corrected chi connectivity index (χ1v) is 9.70. The fourth-order valence-electron chi connectivity index (χ4n) is 2.41. The van der Waals surface area contributed by atoms with E-state index in [1.165, 1.54) is 0 Å². The Morgan fingerprint density at radius 3 is 2.68 bits per heavy atom. The fraction of sp³-hybridized carbons (Fsp3) is 0.267. The second-order valence-electron chi connectivity index (χ2n) is 5.26. The summed E-state index contributed by atoms with van der Waals surface area (Å²) in [6, 6.07) is 13.2. The molecule has 25 heavy (non-hydrogen) atoms. The third-order valence-electron chi connectivity index (χ3n) is 3.42. The summed E-state index contributed by atoms with van der Waals surface area (Å²) in [5.74, 6) is 0. The second kappa shape index (κ2) is 7.17. The zero-order chi connectivity index (χ0) is 18.1. The van der Waals surface area contributed by atoms with Gasteiger partial charge < -0.3 is 4.74 Å². The van der Waals surface area contributed by atoms with E-state index in [0.717, 1.165) is 16.3 Å². The topological polar surface area (TPSA) is 77.0 Å². The maximum absolute atomic E-state index is 11.8. The molecule has 1 aliphatic heterocycles. The van der Waals surface area contributed by atoms with E-state index in [-0.39, 0.29) is 18.7 Å². The van der Waals surface area contributed by atoms with Gasteiger partial charge >= 0.3 is 16.3 Å². The lowest BCUT2D eigenvalue weighted by atomic mass is 10.00. The van der Waals surface area contributed by atoms with E-state index >= 15 is 0 Å². The number of amidine groups is 1. The third kappa shape index (κ3) is 4.89. The van der Waals surface area contributed by atoms with E-state index in [4.69, 9.17) is 39.5 Å². The van der Waals surface area contributed by atoms with E-state index in [2.05, 4.69) is 13.9 Å². The molecule has 1 atom stereocenters. The van der Waals surface area contributed by atoms with Gasteiger partial charge in [-0.1, -0.05) is 77.3 Å². The summed E-state index contributed by atoms with van der Waals surface area (Å²) in [6.07, 6.45) is 0. The van der Waals surface area contributed by atoms with Crippen molar-refractivity contribution >= 4 is 61.9 Å². The largest absolute Gasteiger partial charge is 0.462 e. The summed E-state index contributed by atoms with van der Waals surface area (Å²) in [4.78, 5) is 4.26. The molecule has 0 aromatic heterocycles. The number of rotatable bonds is 4. The lowest BCUT2D eigenvalue weighted by molar-refractivity contribution is 0.300. The summed E-state index contributed by atoms with van der Waals surface area (Å²) < 4.78 is 33.8. The van der Waals surface area contributed by atoms with Gasteiger partial charge in [-0.3, -0.25) is 0 Å². The van der Waals surface area contributed by atoms with Crippen LogP contribution in [0.5, 0.6) is 0 Å². The number of hydrogen-bond donors (Lipinski definition) is 1. The van der Waals surface area contributed by atoms with Crippen LogP contribution < -0.4 is 4.72 Å². The van der Waals surface area contributed by atoms with Crippen molar-refractivity contribution in [3.05, 3.63) is 48.0 Å². The quantitative estimate of drug-likeness (QED) is 0.764. The summed E-state index contributed by atoms with van der Waals surface area (Å²) in [6.45, 7) is -0.427. The van der Waals surface area contributed by atoms with Gasteiger partial charge in [0.2, 0.25) is 3.79 Å². The predicted octanol–water partition coefficient (Wildman–Crippen LogP) is 3.49. The lowest BCUT2D eigenvalue weighted by Crippen LogP contribution is -2.34. The average molecular weight is 424 g/mol. The van der Waals surface area contributed by atoms with Gasteiger partial charge in [-0.05, 0) is 16.3 Å². The second-order valence-corrected chi connectivity index (χ2v) is 9.13. The minimum Gasteiger partial charge on any atom is -0.462 e. The number of ether oxygens (including phenoxy) is 1. The smallest absolute Gasteiger partial charge is 0.363 e. The van der Waals surface area contributed by atoms with Crippen LogP contribution in [0.4, 0.5) is 0 Å². The van der Waals surface area contributed by atoms with Gasteiger partial charge in [-0.15, -0.1) is 0 Å². The van der Waals surface area contributed by atoms with Crippen LogP contribution >= 0.6 is 34.8 Å². The molecule has 0 aliphatic carbocycles. The Balaban J connectivity index is 1.76. The monoisotopic (exact) mass is 422 g/mol. The first kappa shape index (κ1) is 18.5. The van der Waals surface area contributed by atoms with Gasteiger partial charge in [0, 0.05) is 0 Å². The molecular weight excluding hydrogens is 411 g/mol. The number of aliphatic imine (C=N–C) groups is 1. The number of halogens is 3. The average Bonchev–Trinajstić information content (AvgIpc) is 2.99. The zero-order valence-electron chi connectivity index (χ0n) is 12.7. The molecule has 1 heterocycles. The third-order valence-corrected chi connectivity index (χ3v) is 4.60. The Morgan fingerprint density at radius 2 is 1.92 bits per heavy atom. The molecular formula is C15H13Cl3N2O4S. The summed E-state index contributed by atoms with van der Waals surface area (Å²) >= 11 is 16.4. The van der Waals surface area contributed by atoms with Crippen molar-refractivity contribution < 1.29 is 17.3 Å². The normalized spacial score (nSPS) is 18.0.